The van der Waals surface area contributed by atoms with Crippen LogP contribution in [0.3, 0.4) is 0 Å². The van der Waals surface area contributed by atoms with Gasteiger partial charge in [-0.25, -0.2) is 0 Å². The molecule has 0 atom stereocenters. The van der Waals surface area contributed by atoms with E-state index in [2.05, 4.69) is 21.0 Å². The Morgan fingerprint density at radius 2 is 2.17 bits per heavy atom. The average molecular weight is 233 g/mol. The molecule has 0 fully saturated rings. The van der Waals surface area contributed by atoms with Crippen LogP contribution in [0.25, 0.3) is 0 Å². The molecule has 12 heavy (non-hydrogen) atoms. The van der Waals surface area contributed by atoms with Crippen molar-refractivity contribution in [3.05, 3.63) is 11.4 Å². The van der Waals surface area contributed by atoms with E-state index >= 15 is 0 Å². The zero-order valence-electron chi connectivity index (χ0n) is 7.59. The van der Waals surface area contributed by atoms with E-state index in [1.165, 1.54) is 0 Å². The zero-order chi connectivity index (χ0) is 9.14. The molecule has 0 unspecified atom stereocenters. The maximum absolute atomic E-state index is 5.51. The van der Waals surface area contributed by atoms with Crippen LogP contribution in [0.1, 0.15) is 11.4 Å². The summed E-state index contributed by atoms with van der Waals surface area (Å²) < 4.78 is 7.34. The molecule has 1 heterocycles. The third-order valence-corrected chi connectivity index (χ3v) is 2.09. The molecule has 0 aromatic carbocycles. The van der Waals surface area contributed by atoms with Gasteiger partial charge in [-0.2, -0.15) is 5.10 Å². The summed E-state index contributed by atoms with van der Waals surface area (Å²) in [7, 11) is 1.92. The van der Waals surface area contributed by atoms with Crippen molar-refractivity contribution in [2.45, 2.75) is 13.8 Å². The predicted molar refractivity (Wildman–Crippen MR) is 52.0 cm³/mol. The van der Waals surface area contributed by atoms with Gasteiger partial charge in [0, 0.05) is 12.4 Å². The first-order valence-corrected chi connectivity index (χ1v) is 4.98. The quantitative estimate of drug-likeness (QED) is 0.744. The first-order chi connectivity index (χ1) is 5.66. The summed E-state index contributed by atoms with van der Waals surface area (Å²) in [6.07, 6.45) is 0. The van der Waals surface area contributed by atoms with Crippen LogP contribution in [0, 0.1) is 13.8 Å². The van der Waals surface area contributed by atoms with E-state index in [0.717, 1.165) is 22.5 Å². The Morgan fingerprint density at radius 1 is 1.50 bits per heavy atom. The van der Waals surface area contributed by atoms with E-state index in [4.69, 9.17) is 4.74 Å². The lowest BCUT2D eigenvalue weighted by Gasteiger charge is -2.02. The third-order valence-electron chi connectivity index (χ3n) is 1.77. The SMILES string of the molecule is Cc1nn(C)c(C)c1OCCBr. The number of aryl methyl sites for hydroxylation is 2. The summed E-state index contributed by atoms with van der Waals surface area (Å²) >= 11 is 3.31. The van der Waals surface area contributed by atoms with Gasteiger partial charge < -0.3 is 4.74 Å². The Labute approximate surface area is 80.8 Å². The summed E-state index contributed by atoms with van der Waals surface area (Å²) in [5.41, 5.74) is 2.03. The summed E-state index contributed by atoms with van der Waals surface area (Å²) in [6.45, 7) is 4.65. The van der Waals surface area contributed by atoms with Gasteiger partial charge in [0.25, 0.3) is 0 Å². The normalized spacial score (nSPS) is 10.3. The molecule has 1 aromatic heterocycles. The smallest absolute Gasteiger partial charge is 0.163 e. The summed E-state index contributed by atoms with van der Waals surface area (Å²) in [5.74, 6) is 0.914. The van der Waals surface area contributed by atoms with Crippen LogP contribution in [-0.2, 0) is 7.05 Å². The molecule has 0 aliphatic heterocycles. The van der Waals surface area contributed by atoms with Gasteiger partial charge >= 0.3 is 0 Å². The second kappa shape index (κ2) is 3.94. The minimum atomic E-state index is 0.688. The van der Waals surface area contributed by atoms with E-state index in [0.29, 0.717) is 6.61 Å². The van der Waals surface area contributed by atoms with Crippen LogP contribution in [0.5, 0.6) is 5.75 Å². The van der Waals surface area contributed by atoms with Gasteiger partial charge in [0.1, 0.15) is 5.69 Å². The van der Waals surface area contributed by atoms with Crippen LogP contribution in [0.2, 0.25) is 0 Å². The van der Waals surface area contributed by atoms with Gasteiger partial charge in [-0.1, -0.05) is 15.9 Å². The second-order valence-corrected chi connectivity index (χ2v) is 3.45. The molecule has 3 nitrogen and oxygen atoms in total. The largest absolute Gasteiger partial charge is 0.489 e. The fraction of sp³-hybridized carbons (Fsp3) is 0.625. The Morgan fingerprint density at radius 3 is 2.58 bits per heavy atom. The molecular formula is C8H13BrN2O. The predicted octanol–water partition coefficient (Wildman–Crippen LogP) is 1.81. The van der Waals surface area contributed by atoms with Crippen molar-refractivity contribution < 1.29 is 4.74 Å². The van der Waals surface area contributed by atoms with Gasteiger partial charge in [-0.05, 0) is 13.8 Å². The topological polar surface area (TPSA) is 27.1 Å². The first kappa shape index (κ1) is 9.58. The fourth-order valence-electron chi connectivity index (χ4n) is 1.10. The zero-order valence-corrected chi connectivity index (χ0v) is 9.18. The van der Waals surface area contributed by atoms with E-state index in [1.807, 2.05) is 25.6 Å². The molecule has 0 bridgehead atoms. The molecule has 0 radical (unpaired) electrons. The maximum atomic E-state index is 5.51. The van der Waals surface area contributed by atoms with Crippen molar-refractivity contribution >= 4 is 15.9 Å². The Kier molecular flexibility index (Phi) is 3.14. The molecular weight excluding hydrogens is 220 g/mol. The molecule has 4 heteroatoms. The van der Waals surface area contributed by atoms with Gasteiger partial charge in [0.15, 0.2) is 5.75 Å². The molecule has 0 amide bonds. The number of hydrogen-bond donors (Lipinski definition) is 0. The van der Waals surface area contributed by atoms with Crippen LogP contribution < -0.4 is 4.74 Å². The number of nitrogens with zero attached hydrogens (tertiary/aromatic N) is 2. The van der Waals surface area contributed by atoms with Crippen LogP contribution in [-0.4, -0.2) is 21.7 Å². The van der Waals surface area contributed by atoms with Gasteiger partial charge in [-0.3, -0.25) is 4.68 Å². The van der Waals surface area contributed by atoms with Crippen LogP contribution in [0.15, 0.2) is 0 Å². The molecule has 1 aromatic rings. The number of alkyl halides is 1. The Balaban J connectivity index is 2.82. The van der Waals surface area contributed by atoms with Crippen molar-refractivity contribution in [2.24, 2.45) is 7.05 Å². The number of rotatable bonds is 3. The number of halogens is 1. The Hall–Kier alpha value is -0.510. The van der Waals surface area contributed by atoms with Crippen LogP contribution >= 0.6 is 15.9 Å². The molecule has 0 N–H and O–H groups in total. The maximum Gasteiger partial charge on any atom is 0.163 e. The summed E-state index contributed by atoms with van der Waals surface area (Å²) in [5, 5.41) is 5.09. The molecule has 0 saturated heterocycles. The van der Waals surface area contributed by atoms with Crippen molar-refractivity contribution in [3.8, 4) is 5.75 Å². The standard InChI is InChI=1S/C8H13BrN2O/c1-6-8(12-5-4-9)7(2)11(3)10-6/h4-5H2,1-3H3. The van der Waals surface area contributed by atoms with Crippen molar-refractivity contribution in [2.75, 3.05) is 11.9 Å². The number of ether oxygens (including phenoxy) is 1. The number of hydrogen-bond acceptors (Lipinski definition) is 2. The lowest BCUT2D eigenvalue weighted by Crippen LogP contribution is -1.99. The fourth-order valence-corrected chi connectivity index (χ4v) is 1.27. The minimum Gasteiger partial charge on any atom is -0.489 e. The average Bonchev–Trinajstić information content (AvgIpc) is 2.25. The monoisotopic (exact) mass is 232 g/mol. The van der Waals surface area contributed by atoms with E-state index in [-0.39, 0.29) is 0 Å². The molecule has 1 rings (SSSR count). The van der Waals surface area contributed by atoms with Crippen LogP contribution in [0.4, 0.5) is 0 Å². The van der Waals surface area contributed by atoms with Gasteiger partial charge in [0.2, 0.25) is 0 Å². The van der Waals surface area contributed by atoms with Crippen molar-refractivity contribution in [3.63, 3.8) is 0 Å². The third kappa shape index (κ3) is 1.80. The highest BCUT2D eigenvalue weighted by Gasteiger charge is 2.09. The molecule has 0 spiro atoms. The van der Waals surface area contributed by atoms with E-state index in [1.54, 1.807) is 0 Å². The van der Waals surface area contributed by atoms with Gasteiger partial charge in [0.05, 0.1) is 12.3 Å². The second-order valence-electron chi connectivity index (χ2n) is 2.66. The van der Waals surface area contributed by atoms with E-state index < -0.39 is 0 Å². The highest BCUT2D eigenvalue weighted by molar-refractivity contribution is 9.09. The summed E-state index contributed by atoms with van der Waals surface area (Å²) in [6, 6.07) is 0. The molecule has 68 valence electrons. The lowest BCUT2D eigenvalue weighted by molar-refractivity contribution is 0.340. The minimum absolute atomic E-state index is 0.688. The highest BCUT2D eigenvalue weighted by Crippen LogP contribution is 2.20. The van der Waals surface area contributed by atoms with E-state index in [9.17, 15) is 0 Å². The van der Waals surface area contributed by atoms with Crippen molar-refractivity contribution in [1.82, 2.24) is 9.78 Å². The number of aromatic nitrogens is 2. The lowest BCUT2D eigenvalue weighted by atomic mass is 10.3. The van der Waals surface area contributed by atoms with Gasteiger partial charge in [-0.15, -0.1) is 0 Å². The van der Waals surface area contributed by atoms with Crippen molar-refractivity contribution in [1.29, 1.82) is 0 Å². The molecule has 0 saturated carbocycles. The molecule has 0 aliphatic carbocycles. The summed E-state index contributed by atoms with van der Waals surface area (Å²) in [4.78, 5) is 0. The molecule has 0 aliphatic rings. The highest BCUT2D eigenvalue weighted by atomic mass is 79.9. The Bertz CT molecular complexity index is 270. The first-order valence-electron chi connectivity index (χ1n) is 3.85.